The Hall–Kier alpha value is -3.35. The van der Waals surface area contributed by atoms with Crippen molar-refractivity contribution in [3.8, 4) is 11.5 Å². The molecule has 7 nitrogen and oxygen atoms in total. The monoisotopic (exact) mass is 377 g/mol. The molecule has 0 fully saturated rings. The van der Waals surface area contributed by atoms with Gasteiger partial charge in [-0.05, 0) is 49.6 Å². The highest BCUT2D eigenvalue weighted by Gasteiger charge is 2.26. The van der Waals surface area contributed by atoms with Crippen molar-refractivity contribution in [2.24, 2.45) is 0 Å². The molecule has 0 bridgehead atoms. The molecule has 3 heterocycles. The Balaban J connectivity index is 1.63. The van der Waals surface area contributed by atoms with E-state index in [-0.39, 0.29) is 12.8 Å². The van der Waals surface area contributed by atoms with Crippen molar-refractivity contribution in [3.05, 3.63) is 47.2 Å². The number of aromatic nitrogens is 2. The average molecular weight is 377 g/mol. The van der Waals surface area contributed by atoms with Crippen molar-refractivity contribution in [2.45, 2.75) is 19.8 Å². The van der Waals surface area contributed by atoms with E-state index in [1.807, 2.05) is 13.0 Å². The van der Waals surface area contributed by atoms with E-state index in [0.29, 0.717) is 11.1 Å². The van der Waals surface area contributed by atoms with E-state index < -0.39 is 0 Å². The summed E-state index contributed by atoms with van der Waals surface area (Å²) in [5.74, 6) is 1.95. The number of nitrogens with zero attached hydrogens (tertiary/aromatic N) is 3. The van der Waals surface area contributed by atoms with Crippen molar-refractivity contribution in [3.63, 3.8) is 0 Å². The molecule has 7 heteroatoms. The lowest BCUT2D eigenvalue weighted by Crippen LogP contribution is -2.26. The second kappa shape index (κ2) is 6.37. The zero-order valence-electron chi connectivity index (χ0n) is 15.7. The number of fused-ring (bicyclic) bond motifs is 3. The van der Waals surface area contributed by atoms with Gasteiger partial charge in [0.1, 0.15) is 0 Å². The third-order valence-corrected chi connectivity index (χ3v) is 5.18. The van der Waals surface area contributed by atoms with Gasteiger partial charge in [0.2, 0.25) is 6.79 Å². The van der Waals surface area contributed by atoms with Gasteiger partial charge >= 0.3 is 5.97 Å². The van der Waals surface area contributed by atoms with Crippen molar-refractivity contribution in [2.75, 3.05) is 25.3 Å². The van der Waals surface area contributed by atoms with Crippen LogP contribution in [0.3, 0.4) is 0 Å². The molecular weight excluding hydrogens is 358 g/mol. The largest absolute Gasteiger partial charge is 0.465 e. The SMILES string of the molecule is COC(=O)c1ccc2nc(C)c(N3CCCc4cc5c(cc43)OCO5)nc2c1. The maximum Gasteiger partial charge on any atom is 0.337 e. The molecule has 0 saturated heterocycles. The molecule has 5 rings (SSSR count). The van der Waals surface area contributed by atoms with E-state index >= 15 is 0 Å². The van der Waals surface area contributed by atoms with Gasteiger partial charge < -0.3 is 19.1 Å². The fourth-order valence-electron chi connectivity index (χ4n) is 3.83. The van der Waals surface area contributed by atoms with E-state index in [1.54, 1.807) is 18.2 Å². The summed E-state index contributed by atoms with van der Waals surface area (Å²) in [5, 5.41) is 0. The number of hydrogen-bond acceptors (Lipinski definition) is 7. The molecule has 0 amide bonds. The quantitative estimate of drug-likeness (QED) is 0.633. The van der Waals surface area contributed by atoms with E-state index in [9.17, 15) is 4.79 Å². The molecule has 0 aliphatic carbocycles. The molecule has 142 valence electrons. The fourth-order valence-corrected chi connectivity index (χ4v) is 3.83. The van der Waals surface area contributed by atoms with E-state index in [4.69, 9.17) is 24.2 Å². The average Bonchev–Trinajstić information content (AvgIpc) is 3.17. The number of carbonyl (C=O) groups is 1. The second-order valence-corrected chi connectivity index (χ2v) is 6.92. The molecule has 0 N–H and O–H groups in total. The molecule has 0 unspecified atom stereocenters. The van der Waals surface area contributed by atoms with Gasteiger partial charge in [0.15, 0.2) is 17.3 Å². The molecule has 1 aromatic heterocycles. The Bertz CT molecular complexity index is 1110. The molecule has 28 heavy (non-hydrogen) atoms. The van der Waals surface area contributed by atoms with Crippen LogP contribution in [0.15, 0.2) is 30.3 Å². The summed E-state index contributed by atoms with van der Waals surface area (Å²) >= 11 is 0. The van der Waals surface area contributed by atoms with E-state index in [2.05, 4.69) is 11.0 Å². The number of methoxy groups -OCH3 is 1. The zero-order valence-corrected chi connectivity index (χ0v) is 15.7. The van der Waals surface area contributed by atoms with Crippen LogP contribution < -0.4 is 14.4 Å². The second-order valence-electron chi connectivity index (χ2n) is 6.92. The summed E-state index contributed by atoms with van der Waals surface area (Å²) in [6.45, 7) is 3.05. The minimum Gasteiger partial charge on any atom is -0.465 e. The topological polar surface area (TPSA) is 73.8 Å². The number of esters is 1. The Morgan fingerprint density at radius 2 is 1.93 bits per heavy atom. The van der Waals surface area contributed by atoms with Gasteiger partial charge in [-0.25, -0.2) is 14.8 Å². The summed E-state index contributed by atoms with van der Waals surface area (Å²) in [4.78, 5) is 23.6. The Morgan fingerprint density at radius 1 is 1.11 bits per heavy atom. The van der Waals surface area contributed by atoms with Gasteiger partial charge in [0.05, 0.1) is 29.4 Å². The lowest BCUT2D eigenvalue weighted by atomic mass is 10.0. The van der Waals surface area contributed by atoms with Crippen LogP contribution in [0.5, 0.6) is 11.5 Å². The summed E-state index contributed by atoms with van der Waals surface area (Å²) in [6, 6.07) is 9.31. The van der Waals surface area contributed by atoms with Gasteiger partial charge in [-0.2, -0.15) is 0 Å². The van der Waals surface area contributed by atoms with Gasteiger partial charge in [-0.1, -0.05) is 0 Å². The van der Waals surface area contributed by atoms with Crippen molar-refractivity contribution in [1.29, 1.82) is 0 Å². The van der Waals surface area contributed by atoms with Crippen LogP contribution >= 0.6 is 0 Å². The maximum absolute atomic E-state index is 11.9. The van der Waals surface area contributed by atoms with Gasteiger partial charge in [0, 0.05) is 18.3 Å². The Labute approximate surface area is 161 Å². The van der Waals surface area contributed by atoms with Crippen LogP contribution in [0.2, 0.25) is 0 Å². The summed E-state index contributed by atoms with van der Waals surface area (Å²) in [5.41, 5.74) is 4.98. The van der Waals surface area contributed by atoms with Crippen molar-refractivity contribution >= 4 is 28.5 Å². The molecule has 2 aliphatic heterocycles. The first-order valence-electron chi connectivity index (χ1n) is 9.21. The smallest absolute Gasteiger partial charge is 0.337 e. The zero-order chi connectivity index (χ0) is 19.3. The molecule has 0 saturated carbocycles. The molecule has 0 atom stereocenters. The van der Waals surface area contributed by atoms with Crippen LogP contribution in [-0.4, -0.2) is 36.4 Å². The lowest BCUT2D eigenvalue weighted by molar-refractivity contribution is 0.0601. The van der Waals surface area contributed by atoms with Crippen LogP contribution in [0, 0.1) is 6.92 Å². The highest BCUT2D eigenvalue weighted by atomic mass is 16.7. The number of benzene rings is 2. The highest BCUT2D eigenvalue weighted by molar-refractivity contribution is 5.93. The van der Waals surface area contributed by atoms with Crippen LogP contribution in [0.25, 0.3) is 11.0 Å². The summed E-state index contributed by atoms with van der Waals surface area (Å²) in [6.07, 6.45) is 1.99. The van der Waals surface area contributed by atoms with Crippen LogP contribution in [0.4, 0.5) is 11.5 Å². The number of hydrogen-bond donors (Lipinski definition) is 0. The first-order chi connectivity index (χ1) is 13.6. The standard InChI is InChI=1S/C21H19N3O4/c1-12-20(23-16-8-14(21(25)26-2)5-6-15(16)22-12)24-7-3-4-13-9-18-19(10-17(13)24)28-11-27-18/h5-6,8-10H,3-4,7,11H2,1-2H3. The van der Waals surface area contributed by atoms with Gasteiger partial charge in [0.25, 0.3) is 0 Å². The predicted octanol–water partition coefficient (Wildman–Crippen LogP) is 3.54. The minimum absolute atomic E-state index is 0.253. The third kappa shape index (κ3) is 2.62. The third-order valence-electron chi connectivity index (χ3n) is 5.18. The number of ether oxygens (including phenoxy) is 3. The number of anilines is 2. The predicted molar refractivity (Wildman–Crippen MR) is 104 cm³/mol. The first-order valence-corrected chi connectivity index (χ1v) is 9.21. The molecule has 2 aliphatic rings. The normalized spacial score (nSPS) is 14.9. The minimum atomic E-state index is -0.387. The summed E-state index contributed by atoms with van der Waals surface area (Å²) in [7, 11) is 1.37. The molecule has 3 aromatic rings. The molecule has 0 spiro atoms. The molecular formula is C21H19N3O4. The van der Waals surface area contributed by atoms with Crippen molar-refractivity contribution < 1.29 is 19.0 Å². The Kier molecular flexibility index (Phi) is 3.82. The maximum atomic E-state index is 11.9. The molecule has 2 aromatic carbocycles. The van der Waals surface area contributed by atoms with E-state index in [1.165, 1.54) is 12.7 Å². The lowest BCUT2D eigenvalue weighted by Gasteiger charge is -2.31. The van der Waals surface area contributed by atoms with Gasteiger partial charge in [-0.3, -0.25) is 0 Å². The van der Waals surface area contributed by atoms with Gasteiger partial charge in [-0.15, -0.1) is 0 Å². The van der Waals surface area contributed by atoms with E-state index in [0.717, 1.165) is 53.6 Å². The molecule has 0 radical (unpaired) electrons. The first kappa shape index (κ1) is 16.8. The van der Waals surface area contributed by atoms with Crippen LogP contribution in [0.1, 0.15) is 28.0 Å². The fraction of sp³-hybridized carbons (Fsp3) is 0.286. The number of rotatable bonds is 2. The van der Waals surface area contributed by atoms with Crippen molar-refractivity contribution in [1.82, 2.24) is 9.97 Å². The van der Waals surface area contributed by atoms with Crippen LogP contribution in [-0.2, 0) is 11.2 Å². The summed E-state index contributed by atoms with van der Waals surface area (Å²) < 4.78 is 15.9. The number of aryl methyl sites for hydroxylation is 2. The number of carbonyl (C=O) groups excluding carboxylic acids is 1. The highest BCUT2D eigenvalue weighted by Crippen LogP contribution is 2.43. The Morgan fingerprint density at radius 3 is 2.75 bits per heavy atom.